The van der Waals surface area contributed by atoms with Crippen LogP contribution in [0.5, 0.6) is 11.5 Å². The molecule has 11 heteroatoms. The zero-order valence-electron chi connectivity index (χ0n) is 15.6. The number of methoxy groups -OCH3 is 1. The molecule has 0 radical (unpaired) electrons. The van der Waals surface area contributed by atoms with E-state index in [2.05, 4.69) is 21.0 Å². The van der Waals surface area contributed by atoms with E-state index in [0.717, 1.165) is 36.9 Å². The van der Waals surface area contributed by atoms with Crippen LogP contribution in [-0.4, -0.2) is 41.6 Å². The number of aryl methyl sites for hydroxylation is 1. The van der Waals surface area contributed by atoms with E-state index in [9.17, 15) is 14.4 Å². The monoisotopic (exact) mass is 421 g/mol. The van der Waals surface area contributed by atoms with Gasteiger partial charge in [-0.2, -0.15) is 5.10 Å². The lowest BCUT2D eigenvalue weighted by atomic mass is 9.96. The van der Waals surface area contributed by atoms with Gasteiger partial charge in [0.1, 0.15) is 0 Å². The number of hydrazine groups is 1. The van der Waals surface area contributed by atoms with Crippen molar-refractivity contribution in [3.05, 3.63) is 39.7 Å². The van der Waals surface area contributed by atoms with Crippen LogP contribution in [0, 0.1) is 0 Å². The van der Waals surface area contributed by atoms with Crippen LogP contribution in [0.4, 0.5) is 0 Å². The highest BCUT2D eigenvalue weighted by atomic mass is 35.5. The lowest BCUT2D eigenvalue weighted by Gasteiger charge is -2.14. The third-order valence-electron chi connectivity index (χ3n) is 4.41. The minimum atomic E-state index is -0.687. The number of carbonyl (C=O) groups excluding carboxylic acids is 3. The molecule has 1 aromatic heterocycles. The van der Waals surface area contributed by atoms with Crippen molar-refractivity contribution in [3.8, 4) is 11.5 Å². The molecule has 0 saturated carbocycles. The number of nitrogens with zero attached hydrogens (tertiary/aromatic N) is 1. The van der Waals surface area contributed by atoms with E-state index < -0.39 is 24.3 Å². The second kappa shape index (κ2) is 8.82. The van der Waals surface area contributed by atoms with Crippen molar-refractivity contribution >= 4 is 29.3 Å². The van der Waals surface area contributed by atoms with Crippen molar-refractivity contribution in [1.29, 1.82) is 0 Å². The maximum Gasteiger partial charge on any atom is 0.290 e. The number of fused-ring (bicyclic) bond motifs is 1. The van der Waals surface area contributed by atoms with Gasteiger partial charge in [-0.25, -0.2) is 0 Å². The molecule has 154 valence electrons. The molecule has 10 nitrogen and oxygen atoms in total. The lowest BCUT2D eigenvalue weighted by Crippen LogP contribution is -2.42. The minimum absolute atomic E-state index is 0.0449. The van der Waals surface area contributed by atoms with E-state index in [4.69, 9.17) is 26.8 Å². The van der Waals surface area contributed by atoms with Crippen LogP contribution in [-0.2, 0) is 17.6 Å². The molecular formula is C18H20ClN5O5. The van der Waals surface area contributed by atoms with E-state index in [-0.39, 0.29) is 27.8 Å². The first kappa shape index (κ1) is 20.5. The molecule has 0 atom stereocenters. The van der Waals surface area contributed by atoms with E-state index in [1.54, 1.807) is 0 Å². The second-order valence-corrected chi connectivity index (χ2v) is 6.80. The maximum atomic E-state index is 12.4. The average molecular weight is 422 g/mol. The number of carbonyl (C=O) groups is 3. The normalized spacial score (nSPS) is 12.6. The topological polar surface area (TPSA) is 148 Å². The SMILES string of the molecule is COc1cc(C(=O)NNC(=O)c2n[nH]c3c2CCCC3)cc(Cl)c1OCC(N)=O. The summed E-state index contributed by atoms with van der Waals surface area (Å²) in [5, 5.41) is 6.97. The molecule has 1 aromatic carbocycles. The molecule has 0 fully saturated rings. The van der Waals surface area contributed by atoms with Crippen molar-refractivity contribution < 1.29 is 23.9 Å². The summed E-state index contributed by atoms with van der Waals surface area (Å²) in [6.07, 6.45) is 3.66. The number of primary amides is 1. The fraction of sp³-hybridized carbons (Fsp3) is 0.333. The summed E-state index contributed by atoms with van der Waals surface area (Å²) in [5.41, 5.74) is 11.9. The molecule has 3 amide bonds. The van der Waals surface area contributed by atoms with E-state index in [0.29, 0.717) is 0 Å². The Balaban J connectivity index is 1.69. The second-order valence-electron chi connectivity index (χ2n) is 6.39. The minimum Gasteiger partial charge on any atom is -0.493 e. The fourth-order valence-corrected chi connectivity index (χ4v) is 3.31. The number of amides is 3. The number of rotatable bonds is 6. The van der Waals surface area contributed by atoms with Gasteiger partial charge in [0.2, 0.25) is 0 Å². The molecule has 0 saturated heterocycles. The van der Waals surface area contributed by atoms with Gasteiger partial charge in [0, 0.05) is 16.8 Å². The molecule has 0 spiro atoms. The highest BCUT2D eigenvalue weighted by Crippen LogP contribution is 2.36. The Hall–Kier alpha value is -3.27. The molecule has 1 aliphatic rings. The van der Waals surface area contributed by atoms with Gasteiger partial charge in [0.15, 0.2) is 23.8 Å². The number of hydrogen-bond donors (Lipinski definition) is 4. The smallest absolute Gasteiger partial charge is 0.290 e. The number of nitrogens with one attached hydrogen (secondary N) is 3. The summed E-state index contributed by atoms with van der Waals surface area (Å²) in [6, 6.07) is 2.68. The van der Waals surface area contributed by atoms with Gasteiger partial charge in [-0.3, -0.25) is 30.3 Å². The highest BCUT2D eigenvalue weighted by molar-refractivity contribution is 6.32. The van der Waals surface area contributed by atoms with Gasteiger partial charge in [0.25, 0.3) is 17.7 Å². The zero-order valence-corrected chi connectivity index (χ0v) is 16.4. The standard InChI is InChI=1S/C18H20ClN5O5/c1-28-13-7-9(6-11(19)16(13)29-8-14(20)25)17(26)23-24-18(27)15-10-4-2-3-5-12(10)21-22-15/h6-7H,2-5,8H2,1H3,(H2,20,25)(H,21,22)(H,23,26)(H,24,27). The third kappa shape index (κ3) is 4.60. The molecule has 29 heavy (non-hydrogen) atoms. The number of aromatic nitrogens is 2. The van der Waals surface area contributed by atoms with Crippen LogP contribution in [0.25, 0.3) is 0 Å². The van der Waals surface area contributed by atoms with E-state index in [1.165, 1.54) is 19.2 Å². The van der Waals surface area contributed by atoms with Crippen LogP contribution in [0.3, 0.4) is 0 Å². The quantitative estimate of drug-likeness (QED) is 0.509. The Morgan fingerprint density at radius 2 is 1.93 bits per heavy atom. The Bertz CT molecular complexity index is 958. The first-order valence-corrected chi connectivity index (χ1v) is 9.24. The molecule has 0 aliphatic heterocycles. The van der Waals surface area contributed by atoms with E-state index >= 15 is 0 Å². The molecule has 5 N–H and O–H groups in total. The summed E-state index contributed by atoms with van der Waals surface area (Å²) in [5.74, 6) is -1.61. The van der Waals surface area contributed by atoms with Crippen molar-refractivity contribution in [2.45, 2.75) is 25.7 Å². The number of ether oxygens (including phenoxy) is 2. The molecule has 1 heterocycles. The van der Waals surface area contributed by atoms with Crippen molar-refractivity contribution in [2.75, 3.05) is 13.7 Å². The van der Waals surface area contributed by atoms with Crippen molar-refractivity contribution in [3.63, 3.8) is 0 Å². The lowest BCUT2D eigenvalue weighted by molar-refractivity contribution is -0.119. The summed E-state index contributed by atoms with van der Waals surface area (Å²) in [7, 11) is 1.35. The number of benzene rings is 1. The predicted octanol–water partition coefficient (Wildman–Crippen LogP) is 0.889. The number of aromatic amines is 1. The van der Waals surface area contributed by atoms with Gasteiger partial charge in [-0.15, -0.1) is 0 Å². The maximum absolute atomic E-state index is 12.4. The molecule has 1 aliphatic carbocycles. The zero-order chi connectivity index (χ0) is 21.0. The van der Waals surface area contributed by atoms with Gasteiger partial charge < -0.3 is 15.2 Å². The third-order valence-corrected chi connectivity index (χ3v) is 4.69. The summed E-state index contributed by atoms with van der Waals surface area (Å²) >= 11 is 6.13. The molecule has 0 bridgehead atoms. The summed E-state index contributed by atoms with van der Waals surface area (Å²) in [4.78, 5) is 35.7. The number of nitrogens with two attached hydrogens (primary N) is 1. The fourth-order valence-electron chi connectivity index (χ4n) is 3.05. The van der Waals surface area contributed by atoms with Gasteiger partial charge in [-0.05, 0) is 37.8 Å². The summed E-state index contributed by atoms with van der Waals surface area (Å²) < 4.78 is 10.4. The first-order valence-electron chi connectivity index (χ1n) is 8.86. The number of halogens is 1. The number of hydrogen-bond acceptors (Lipinski definition) is 6. The van der Waals surface area contributed by atoms with Crippen LogP contribution in [0.2, 0.25) is 5.02 Å². The van der Waals surface area contributed by atoms with Gasteiger partial charge >= 0.3 is 0 Å². The Labute approximate surface area is 171 Å². The summed E-state index contributed by atoms with van der Waals surface area (Å²) in [6.45, 7) is -0.397. The van der Waals surface area contributed by atoms with Gasteiger partial charge in [-0.1, -0.05) is 11.6 Å². The van der Waals surface area contributed by atoms with Crippen LogP contribution in [0.15, 0.2) is 12.1 Å². The van der Waals surface area contributed by atoms with Gasteiger partial charge in [0.05, 0.1) is 12.1 Å². The number of H-pyrrole nitrogens is 1. The predicted molar refractivity (Wildman–Crippen MR) is 103 cm³/mol. The first-order chi connectivity index (χ1) is 13.9. The van der Waals surface area contributed by atoms with Crippen LogP contribution < -0.4 is 26.1 Å². The van der Waals surface area contributed by atoms with Crippen LogP contribution >= 0.6 is 11.6 Å². The largest absolute Gasteiger partial charge is 0.493 e. The van der Waals surface area contributed by atoms with Crippen LogP contribution in [0.1, 0.15) is 44.9 Å². The van der Waals surface area contributed by atoms with Crippen molar-refractivity contribution in [2.24, 2.45) is 5.73 Å². The average Bonchev–Trinajstić information content (AvgIpc) is 3.14. The Morgan fingerprint density at radius 1 is 1.21 bits per heavy atom. The highest BCUT2D eigenvalue weighted by Gasteiger charge is 2.22. The molecular weight excluding hydrogens is 402 g/mol. The molecule has 2 aromatic rings. The van der Waals surface area contributed by atoms with Crippen molar-refractivity contribution in [1.82, 2.24) is 21.0 Å². The molecule has 0 unspecified atom stereocenters. The molecule has 3 rings (SSSR count). The Morgan fingerprint density at radius 3 is 2.66 bits per heavy atom. The Kier molecular flexibility index (Phi) is 6.23. The van der Waals surface area contributed by atoms with E-state index in [1.807, 2.05) is 0 Å².